The molecular weight excluding hydrogens is 463 g/mol. The Hall–Kier alpha value is -3.44. The summed E-state index contributed by atoms with van der Waals surface area (Å²) in [5.41, 5.74) is 3.83. The van der Waals surface area contributed by atoms with Gasteiger partial charge in [0.05, 0.1) is 27.3 Å². The van der Waals surface area contributed by atoms with Crippen LogP contribution in [0.5, 0.6) is 5.75 Å². The highest BCUT2D eigenvalue weighted by atomic mass is 32.1. The molecule has 0 saturated heterocycles. The smallest absolute Gasteiger partial charge is 0.416 e. The van der Waals surface area contributed by atoms with Crippen molar-refractivity contribution in [1.29, 1.82) is 0 Å². The average molecular weight is 480 g/mol. The highest BCUT2D eigenvalue weighted by Gasteiger charge is 2.30. The summed E-state index contributed by atoms with van der Waals surface area (Å²) in [7, 11) is 0. The predicted octanol–water partition coefficient (Wildman–Crippen LogP) is 5.55. The number of anilines is 1. The van der Waals surface area contributed by atoms with Crippen LogP contribution in [0.15, 0.2) is 59.0 Å². The number of hydrogen-bond donors (Lipinski definition) is 4. The topological polar surface area (TPSA) is 94.0 Å². The van der Waals surface area contributed by atoms with Gasteiger partial charge in [0, 0.05) is 11.1 Å². The number of aromatic hydroxyl groups is 1. The Morgan fingerprint density at radius 2 is 1.72 bits per heavy atom. The monoisotopic (exact) mass is 479 g/mol. The first-order valence-corrected chi connectivity index (χ1v) is 10.3. The maximum Gasteiger partial charge on any atom is 0.416 e. The second-order valence-corrected chi connectivity index (χ2v) is 7.84. The van der Waals surface area contributed by atoms with Gasteiger partial charge in [0.15, 0.2) is 5.11 Å². The number of nitrogens with one attached hydrogen (secondary N) is 2. The number of carboxylic acid groups (broad SMARTS) is 1. The summed E-state index contributed by atoms with van der Waals surface area (Å²) >= 11 is 6.32. The van der Waals surface area contributed by atoms with Crippen LogP contribution in [0.1, 0.15) is 28.4 Å². The minimum Gasteiger partial charge on any atom is -0.506 e. The van der Waals surface area contributed by atoms with Gasteiger partial charge in [0.2, 0.25) is 0 Å². The van der Waals surface area contributed by atoms with Crippen molar-refractivity contribution in [3.8, 4) is 16.2 Å². The van der Waals surface area contributed by atoms with Crippen LogP contribution in [-0.4, -0.2) is 27.0 Å². The number of hydrogen-bond acceptors (Lipinski definition) is 5. The molecule has 0 fully saturated rings. The lowest BCUT2D eigenvalue weighted by Crippen LogP contribution is -2.24. The first kappa shape index (κ1) is 23.2. The van der Waals surface area contributed by atoms with Gasteiger partial charge in [-0.1, -0.05) is 12.1 Å². The van der Waals surface area contributed by atoms with Crippen molar-refractivity contribution >= 4 is 46.0 Å². The molecule has 0 spiro atoms. The number of hydrazone groups is 1. The van der Waals surface area contributed by atoms with E-state index in [1.807, 2.05) is 0 Å². The molecule has 3 rings (SSSR count). The number of thiophene rings is 1. The summed E-state index contributed by atoms with van der Waals surface area (Å²) < 4.78 is 38.2. The zero-order chi connectivity index (χ0) is 23.5. The molecule has 1 aromatic heterocycles. The summed E-state index contributed by atoms with van der Waals surface area (Å²) in [6.45, 7) is 1.63. The van der Waals surface area contributed by atoms with Gasteiger partial charge < -0.3 is 15.5 Å². The van der Waals surface area contributed by atoms with E-state index in [1.54, 1.807) is 24.4 Å². The zero-order valence-electron chi connectivity index (χ0n) is 16.4. The van der Waals surface area contributed by atoms with Crippen LogP contribution in [0, 0.1) is 0 Å². The highest BCUT2D eigenvalue weighted by molar-refractivity contribution is 7.80. The van der Waals surface area contributed by atoms with Crippen molar-refractivity contribution in [3.63, 3.8) is 0 Å². The van der Waals surface area contributed by atoms with E-state index in [-0.39, 0.29) is 16.4 Å². The number of rotatable bonds is 5. The van der Waals surface area contributed by atoms with Gasteiger partial charge in [-0.2, -0.15) is 18.3 Å². The molecule has 0 aliphatic heterocycles. The van der Waals surface area contributed by atoms with Crippen molar-refractivity contribution in [2.24, 2.45) is 5.10 Å². The first-order chi connectivity index (χ1) is 15.1. The third-order valence-corrected chi connectivity index (χ3v) is 5.56. The fourth-order valence-electron chi connectivity index (χ4n) is 2.67. The number of carbonyl (C=O) groups is 1. The van der Waals surface area contributed by atoms with Crippen LogP contribution in [0.2, 0.25) is 0 Å². The molecule has 1 heterocycles. The molecule has 6 nitrogen and oxygen atoms in total. The first-order valence-electron chi connectivity index (χ1n) is 8.99. The molecule has 0 amide bonds. The maximum atomic E-state index is 12.7. The standard InChI is InChI=1S/C21H16F3N3O3S2/c1-11(26-27-20(31)25-15-8-4-13(5-9-15)19(29)30)16-10-32-18(17(16)28)12-2-6-14(7-3-12)21(22,23)24/h2-10,28H,1H3,(H,29,30)(H2,25,27,31)/b26-11+. The van der Waals surface area contributed by atoms with Crippen molar-refractivity contribution in [2.75, 3.05) is 5.32 Å². The van der Waals surface area contributed by atoms with Gasteiger partial charge in [0.25, 0.3) is 0 Å². The van der Waals surface area contributed by atoms with E-state index in [4.69, 9.17) is 17.3 Å². The van der Waals surface area contributed by atoms with Crippen LogP contribution < -0.4 is 10.7 Å². The lowest BCUT2D eigenvalue weighted by atomic mass is 10.1. The Morgan fingerprint density at radius 1 is 1.09 bits per heavy atom. The van der Waals surface area contributed by atoms with Crippen LogP contribution in [0.4, 0.5) is 18.9 Å². The molecule has 4 N–H and O–H groups in total. The second-order valence-electron chi connectivity index (χ2n) is 6.55. The molecule has 11 heteroatoms. The van der Waals surface area contributed by atoms with E-state index in [1.165, 1.54) is 35.6 Å². The lowest BCUT2D eigenvalue weighted by Gasteiger charge is -2.08. The van der Waals surface area contributed by atoms with Gasteiger partial charge in [-0.05, 0) is 61.1 Å². The number of nitrogens with zero attached hydrogens (tertiary/aromatic N) is 1. The normalized spacial score (nSPS) is 11.8. The molecule has 0 aliphatic carbocycles. The Balaban J connectivity index is 1.68. The SMILES string of the molecule is C/C(=N\NC(=S)Nc1ccc(C(=O)O)cc1)c1csc(-c2ccc(C(F)(F)F)cc2)c1O. The molecule has 32 heavy (non-hydrogen) atoms. The third-order valence-electron chi connectivity index (χ3n) is 4.34. The van der Waals surface area contributed by atoms with Crippen LogP contribution in [0.25, 0.3) is 10.4 Å². The third kappa shape index (κ3) is 5.42. The fourth-order valence-corrected chi connectivity index (χ4v) is 3.85. The van der Waals surface area contributed by atoms with E-state index in [0.29, 0.717) is 27.4 Å². The molecule has 0 radical (unpaired) electrons. The van der Waals surface area contributed by atoms with E-state index >= 15 is 0 Å². The zero-order valence-corrected chi connectivity index (χ0v) is 18.0. The number of thiocarbonyl (C=S) groups is 1. The van der Waals surface area contributed by atoms with E-state index in [2.05, 4.69) is 15.8 Å². The summed E-state index contributed by atoms with van der Waals surface area (Å²) in [5, 5.41) is 28.2. The summed E-state index contributed by atoms with van der Waals surface area (Å²) in [6, 6.07) is 10.5. The van der Waals surface area contributed by atoms with Crippen LogP contribution in [-0.2, 0) is 6.18 Å². The summed E-state index contributed by atoms with van der Waals surface area (Å²) in [4.78, 5) is 11.3. The molecule has 0 unspecified atom stereocenters. The molecule has 0 bridgehead atoms. The number of benzene rings is 2. The van der Waals surface area contributed by atoms with Gasteiger partial charge >= 0.3 is 12.1 Å². The Bertz CT molecular complexity index is 1170. The number of alkyl halides is 3. The Kier molecular flexibility index (Phi) is 6.80. The minimum atomic E-state index is -4.43. The Morgan fingerprint density at radius 3 is 2.28 bits per heavy atom. The lowest BCUT2D eigenvalue weighted by molar-refractivity contribution is -0.137. The molecule has 3 aromatic rings. The molecule has 2 aromatic carbocycles. The molecular formula is C21H16F3N3O3S2. The number of carboxylic acids is 1. The van der Waals surface area contributed by atoms with Crippen molar-refractivity contribution < 1.29 is 28.2 Å². The minimum absolute atomic E-state index is 0.0963. The average Bonchev–Trinajstić information content (AvgIpc) is 3.13. The second kappa shape index (κ2) is 9.37. The highest BCUT2D eigenvalue weighted by Crippen LogP contribution is 2.39. The van der Waals surface area contributed by atoms with Crippen molar-refractivity contribution in [3.05, 3.63) is 70.6 Å². The van der Waals surface area contributed by atoms with Crippen LogP contribution in [0.3, 0.4) is 0 Å². The Labute approximate surface area is 190 Å². The number of halogens is 3. The van der Waals surface area contributed by atoms with Crippen molar-refractivity contribution in [1.82, 2.24) is 5.43 Å². The molecule has 0 aliphatic rings. The number of aromatic carboxylic acids is 1. The molecule has 0 atom stereocenters. The van der Waals surface area contributed by atoms with Gasteiger partial charge in [-0.15, -0.1) is 11.3 Å². The van der Waals surface area contributed by atoms with Gasteiger partial charge in [0.1, 0.15) is 5.75 Å². The molecule has 0 saturated carbocycles. The maximum absolute atomic E-state index is 12.7. The van der Waals surface area contributed by atoms with E-state index in [9.17, 15) is 23.1 Å². The fraction of sp³-hybridized carbons (Fsp3) is 0.0952. The molecule has 166 valence electrons. The predicted molar refractivity (Wildman–Crippen MR) is 121 cm³/mol. The summed E-state index contributed by atoms with van der Waals surface area (Å²) in [6.07, 6.45) is -4.43. The van der Waals surface area contributed by atoms with Gasteiger partial charge in [-0.25, -0.2) is 4.79 Å². The quantitative estimate of drug-likeness (QED) is 0.218. The van der Waals surface area contributed by atoms with E-state index < -0.39 is 17.7 Å². The largest absolute Gasteiger partial charge is 0.506 e. The van der Waals surface area contributed by atoms with Crippen molar-refractivity contribution in [2.45, 2.75) is 13.1 Å². The van der Waals surface area contributed by atoms with Gasteiger partial charge in [-0.3, -0.25) is 5.43 Å². The van der Waals surface area contributed by atoms with Crippen LogP contribution >= 0.6 is 23.6 Å². The summed E-state index contributed by atoms with van der Waals surface area (Å²) in [5.74, 6) is -1.13. The van der Waals surface area contributed by atoms with E-state index in [0.717, 1.165) is 12.1 Å².